The highest BCUT2D eigenvalue weighted by Crippen LogP contribution is 2.35. The van der Waals surface area contributed by atoms with Crippen LogP contribution in [0.3, 0.4) is 0 Å². The molecule has 2 atom stereocenters. The number of hydrogen-bond acceptors (Lipinski definition) is 10. The van der Waals surface area contributed by atoms with Crippen molar-refractivity contribution < 1.29 is 52.4 Å². The first-order valence-electron chi connectivity index (χ1n) is 13.8. The van der Waals surface area contributed by atoms with Crippen LogP contribution in [0.5, 0.6) is 5.75 Å². The topological polar surface area (TPSA) is 177 Å². The Bertz CT molecular complexity index is 1480. The highest BCUT2D eigenvalue weighted by Gasteiger charge is 2.48. The Kier molecular flexibility index (Phi) is 10.5. The van der Waals surface area contributed by atoms with Gasteiger partial charge in [0.05, 0.1) is 13.2 Å². The first-order chi connectivity index (χ1) is 21.0. The lowest BCUT2D eigenvalue weighted by Gasteiger charge is -2.36. The third-order valence-electron chi connectivity index (χ3n) is 7.24. The first kappa shape index (κ1) is 32.3. The molecule has 2 aromatic rings. The molecule has 4 heterocycles. The number of nitrogens with zero attached hydrogens (tertiary/aromatic N) is 3. The van der Waals surface area contributed by atoms with Gasteiger partial charge in [-0.25, -0.2) is 13.6 Å². The number of aliphatic hydroxyl groups is 1. The van der Waals surface area contributed by atoms with E-state index < -0.39 is 53.5 Å². The van der Waals surface area contributed by atoms with Crippen LogP contribution in [0, 0.1) is 11.6 Å². The highest BCUT2D eigenvalue weighted by atomic mass is 19.1. The molecular formula is C28H32F2N4O10. The molecule has 44 heavy (non-hydrogen) atoms. The summed E-state index contributed by atoms with van der Waals surface area (Å²) in [4.78, 5) is 64.7. The van der Waals surface area contributed by atoms with E-state index in [1.165, 1.54) is 16.8 Å². The number of ether oxygens (including phenoxy) is 3. The summed E-state index contributed by atoms with van der Waals surface area (Å²) in [5, 5.41) is 18.7. The summed E-state index contributed by atoms with van der Waals surface area (Å²) in [6.07, 6.45) is 2.05. The van der Waals surface area contributed by atoms with E-state index in [1.807, 2.05) is 0 Å². The maximum absolute atomic E-state index is 14.1. The minimum absolute atomic E-state index is 0.00856. The molecule has 14 nitrogen and oxygen atoms in total. The predicted octanol–water partition coefficient (Wildman–Crippen LogP) is 1.28. The van der Waals surface area contributed by atoms with Crippen LogP contribution in [0.15, 0.2) is 29.2 Å². The van der Waals surface area contributed by atoms with E-state index in [-0.39, 0.29) is 61.8 Å². The van der Waals surface area contributed by atoms with Crippen molar-refractivity contribution in [3.8, 4) is 5.75 Å². The second-order valence-electron chi connectivity index (χ2n) is 10.2. The molecule has 0 bridgehead atoms. The third-order valence-corrected chi connectivity index (χ3v) is 7.24. The van der Waals surface area contributed by atoms with E-state index in [1.54, 1.807) is 4.90 Å². The van der Waals surface area contributed by atoms with Crippen LogP contribution in [0.2, 0.25) is 0 Å². The smallest absolute Gasteiger partial charge is 0.481 e. The number of aromatic nitrogens is 1. The quantitative estimate of drug-likeness (QED) is 0.209. The van der Waals surface area contributed by atoms with Gasteiger partial charge in [-0.15, -0.1) is 0 Å². The van der Waals surface area contributed by atoms with Gasteiger partial charge in [0, 0.05) is 63.5 Å². The van der Waals surface area contributed by atoms with Gasteiger partial charge >= 0.3 is 6.16 Å². The SMILES string of the molecule is CC(=O)O.O=C(OCCCO)OCOc1c2n(cc(C(=O)NCc3ccc(F)cc3F)c1=O)C[C@@H]1N(C[C@H]3CCCN31)C2=O. The van der Waals surface area contributed by atoms with E-state index in [0.29, 0.717) is 12.6 Å². The van der Waals surface area contributed by atoms with E-state index in [9.17, 15) is 28.0 Å². The van der Waals surface area contributed by atoms with Crippen molar-refractivity contribution in [2.24, 2.45) is 0 Å². The van der Waals surface area contributed by atoms with Gasteiger partial charge in [-0.1, -0.05) is 6.07 Å². The Balaban J connectivity index is 0.00000104. The summed E-state index contributed by atoms with van der Waals surface area (Å²) in [5.74, 6) is -4.25. The average Bonchev–Trinajstić information content (AvgIpc) is 3.56. The molecule has 0 spiro atoms. The Morgan fingerprint density at radius 1 is 1.14 bits per heavy atom. The number of carbonyl (C=O) groups excluding carboxylic acids is 3. The number of nitrogens with one attached hydrogen (secondary N) is 1. The number of aliphatic carboxylic acids is 1. The van der Waals surface area contributed by atoms with Crippen LogP contribution in [0.1, 0.15) is 52.6 Å². The summed E-state index contributed by atoms with van der Waals surface area (Å²) in [6.45, 7) is 1.28. The molecular weight excluding hydrogens is 590 g/mol. The molecule has 0 unspecified atom stereocenters. The molecule has 0 saturated carbocycles. The zero-order chi connectivity index (χ0) is 32.0. The van der Waals surface area contributed by atoms with Crippen molar-refractivity contribution in [2.75, 3.05) is 33.1 Å². The molecule has 3 N–H and O–H groups in total. The number of aliphatic hydroxyl groups excluding tert-OH is 1. The molecule has 3 aliphatic rings. The minimum atomic E-state index is -1.11. The van der Waals surface area contributed by atoms with Crippen LogP contribution < -0.4 is 15.5 Å². The van der Waals surface area contributed by atoms with Gasteiger partial charge in [0.15, 0.2) is 5.69 Å². The van der Waals surface area contributed by atoms with Crippen LogP contribution in [0.25, 0.3) is 0 Å². The first-order valence-corrected chi connectivity index (χ1v) is 13.8. The summed E-state index contributed by atoms with van der Waals surface area (Å²) >= 11 is 0. The predicted molar refractivity (Wildman–Crippen MR) is 146 cm³/mol. The molecule has 2 amide bonds. The lowest BCUT2D eigenvalue weighted by atomic mass is 10.1. The second-order valence-corrected chi connectivity index (χ2v) is 10.2. The van der Waals surface area contributed by atoms with Crippen molar-refractivity contribution in [3.05, 3.63) is 63.1 Å². The molecule has 2 fully saturated rings. The number of hydrogen-bond donors (Lipinski definition) is 3. The van der Waals surface area contributed by atoms with Crippen molar-refractivity contribution in [2.45, 2.75) is 51.5 Å². The van der Waals surface area contributed by atoms with Crippen molar-refractivity contribution >= 4 is 23.9 Å². The van der Waals surface area contributed by atoms with Gasteiger partial charge in [0.1, 0.15) is 23.4 Å². The molecule has 1 aromatic heterocycles. The number of carbonyl (C=O) groups is 4. The average molecular weight is 623 g/mol. The highest BCUT2D eigenvalue weighted by molar-refractivity contribution is 5.99. The Morgan fingerprint density at radius 3 is 2.59 bits per heavy atom. The van der Waals surface area contributed by atoms with E-state index in [2.05, 4.69) is 10.2 Å². The number of carboxylic acids is 1. The fourth-order valence-corrected chi connectivity index (χ4v) is 5.34. The molecule has 238 valence electrons. The zero-order valence-corrected chi connectivity index (χ0v) is 23.8. The maximum Gasteiger partial charge on any atom is 0.511 e. The van der Waals surface area contributed by atoms with Crippen LogP contribution >= 0.6 is 0 Å². The molecule has 5 rings (SSSR count). The Labute approximate surface area is 249 Å². The van der Waals surface area contributed by atoms with Crippen LogP contribution in [-0.4, -0.2) is 93.8 Å². The summed E-state index contributed by atoms with van der Waals surface area (Å²) in [5.41, 5.74) is -1.37. The van der Waals surface area contributed by atoms with Gasteiger partial charge in [-0.05, 0) is 18.9 Å². The molecule has 3 aliphatic heterocycles. The lowest BCUT2D eigenvalue weighted by molar-refractivity contribution is -0.134. The van der Waals surface area contributed by atoms with Gasteiger partial charge in [-0.2, -0.15) is 0 Å². The van der Waals surface area contributed by atoms with Crippen LogP contribution in [0.4, 0.5) is 13.6 Å². The Hall–Kier alpha value is -4.57. The number of halogens is 2. The van der Waals surface area contributed by atoms with E-state index in [0.717, 1.165) is 32.4 Å². The zero-order valence-electron chi connectivity index (χ0n) is 23.8. The fraction of sp³-hybridized carbons (Fsp3) is 0.464. The Morgan fingerprint density at radius 2 is 1.89 bits per heavy atom. The molecule has 0 radical (unpaired) electrons. The van der Waals surface area contributed by atoms with E-state index in [4.69, 9.17) is 29.2 Å². The fourth-order valence-electron chi connectivity index (χ4n) is 5.34. The minimum Gasteiger partial charge on any atom is -0.481 e. The molecule has 1 aromatic carbocycles. The van der Waals surface area contributed by atoms with Crippen LogP contribution in [-0.2, 0) is 27.4 Å². The molecule has 2 saturated heterocycles. The largest absolute Gasteiger partial charge is 0.511 e. The second kappa shape index (κ2) is 14.3. The van der Waals surface area contributed by atoms with Gasteiger partial charge in [0.2, 0.25) is 18.0 Å². The summed E-state index contributed by atoms with van der Waals surface area (Å²) in [6, 6.07) is 3.10. The third kappa shape index (κ3) is 7.31. The number of amides is 2. The summed E-state index contributed by atoms with van der Waals surface area (Å²) in [7, 11) is 0. The van der Waals surface area contributed by atoms with Crippen molar-refractivity contribution in [3.63, 3.8) is 0 Å². The number of carboxylic acid groups (broad SMARTS) is 1. The summed E-state index contributed by atoms with van der Waals surface area (Å²) < 4.78 is 43.8. The standard InChI is InChI=1S/C26H28F2N4O8.C2H4O2/c27-16-5-4-15(19(28)9-16)10-29-24(35)18-12-30-13-20-31-6-1-3-17(31)11-32(20)25(36)21(30)23(22(18)34)39-14-40-26(37)38-8-2-7-33;1-2(3)4/h4-5,9,12,17,20,33H,1-3,6-8,10-11,13-14H2,(H,29,35);1H3,(H,3,4)/t17-,20+;/m1./s1. The maximum atomic E-state index is 14.1. The van der Waals surface area contributed by atoms with Gasteiger partial charge in [-0.3, -0.25) is 24.1 Å². The number of rotatable bonds is 9. The van der Waals surface area contributed by atoms with E-state index >= 15 is 0 Å². The number of benzene rings is 1. The normalized spacial score (nSPS) is 18.4. The number of fused-ring (bicyclic) bond motifs is 4. The molecule has 0 aliphatic carbocycles. The number of pyridine rings is 1. The molecule has 16 heteroatoms. The lowest BCUT2D eigenvalue weighted by Crippen LogP contribution is -2.50. The monoisotopic (exact) mass is 622 g/mol. The van der Waals surface area contributed by atoms with Crippen molar-refractivity contribution in [1.82, 2.24) is 19.7 Å². The van der Waals surface area contributed by atoms with Gasteiger partial charge < -0.3 is 39.2 Å². The van der Waals surface area contributed by atoms with Gasteiger partial charge in [0.25, 0.3) is 17.8 Å². The van der Waals surface area contributed by atoms with Crippen molar-refractivity contribution in [1.29, 1.82) is 0 Å².